The molecule has 0 bridgehead atoms. The fraction of sp³-hybridized carbons (Fsp3) is 0.556. The highest BCUT2D eigenvalue weighted by Gasteiger charge is 2.10. The molecule has 0 saturated heterocycles. The van der Waals surface area contributed by atoms with Crippen molar-refractivity contribution in [1.29, 1.82) is 0 Å². The van der Waals surface area contributed by atoms with Gasteiger partial charge in [0.25, 0.3) is 0 Å². The Morgan fingerprint density at radius 1 is 1.79 bits per heavy atom. The van der Waals surface area contributed by atoms with Gasteiger partial charge in [-0.2, -0.15) is 5.10 Å². The average Bonchev–Trinajstić information content (AvgIpc) is 2.59. The number of aromatic nitrogens is 2. The predicted molar refractivity (Wildman–Crippen MR) is 51.5 cm³/mol. The second-order valence-corrected chi connectivity index (χ2v) is 3.12. The molecule has 0 spiro atoms. The van der Waals surface area contributed by atoms with Crippen molar-refractivity contribution in [1.82, 2.24) is 15.1 Å². The Balaban J connectivity index is 2.37. The van der Waals surface area contributed by atoms with Gasteiger partial charge in [0.1, 0.15) is 6.10 Å². The summed E-state index contributed by atoms with van der Waals surface area (Å²) in [6.45, 7) is 2.19. The van der Waals surface area contributed by atoms with Crippen LogP contribution in [0.2, 0.25) is 0 Å². The van der Waals surface area contributed by atoms with Gasteiger partial charge in [0.15, 0.2) is 0 Å². The highest BCUT2D eigenvalue weighted by molar-refractivity contribution is 5.80. The monoisotopic (exact) mass is 197 g/mol. The predicted octanol–water partition coefficient (Wildman–Crippen LogP) is 0.0712. The molecule has 1 rings (SSSR count). The van der Waals surface area contributed by atoms with Crippen LogP contribution < -0.4 is 5.32 Å². The third kappa shape index (κ3) is 2.85. The lowest BCUT2D eigenvalue weighted by Crippen LogP contribution is -2.33. The molecule has 0 aliphatic carbocycles. The van der Waals surface area contributed by atoms with Crippen molar-refractivity contribution in [3.63, 3.8) is 0 Å². The zero-order chi connectivity index (χ0) is 10.6. The normalized spacial score (nSPS) is 12.5. The van der Waals surface area contributed by atoms with Crippen LogP contribution in [-0.4, -0.2) is 28.9 Å². The summed E-state index contributed by atoms with van der Waals surface area (Å²) in [6.07, 6.45) is 3.17. The van der Waals surface area contributed by atoms with Crippen molar-refractivity contribution >= 4 is 5.91 Å². The van der Waals surface area contributed by atoms with Crippen LogP contribution in [0.1, 0.15) is 12.5 Å². The van der Waals surface area contributed by atoms with Crippen LogP contribution in [0, 0.1) is 0 Å². The van der Waals surface area contributed by atoms with Gasteiger partial charge < -0.3 is 10.1 Å². The van der Waals surface area contributed by atoms with E-state index in [-0.39, 0.29) is 5.91 Å². The summed E-state index contributed by atoms with van der Waals surface area (Å²) in [4.78, 5) is 11.3. The number of amides is 1. The van der Waals surface area contributed by atoms with E-state index in [4.69, 9.17) is 4.74 Å². The van der Waals surface area contributed by atoms with Gasteiger partial charge in [0.2, 0.25) is 5.91 Å². The van der Waals surface area contributed by atoms with Crippen LogP contribution in [0.15, 0.2) is 12.4 Å². The number of carbonyl (C=O) groups is 1. The summed E-state index contributed by atoms with van der Waals surface area (Å²) in [7, 11) is 3.34. The zero-order valence-electron chi connectivity index (χ0n) is 8.65. The molecule has 1 N–H and O–H groups in total. The largest absolute Gasteiger partial charge is 0.372 e. The minimum atomic E-state index is -0.410. The highest BCUT2D eigenvalue weighted by Crippen LogP contribution is 1.96. The average molecular weight is 197 g/mol. The van der Waals surface area contributed by atoms with Crippen LogP contribution in [0.3, 0.4) is 0 Å². The van der Waals surface area contributed by atoms with Crippen molar-refractivity contribution in [3.8, 4) is 0 Å². The van der Waals surface area contributed by atoms with Gasteiger partial charge in [-0.25, -0.2) is 0 Å². The van der Waals surface area contributed by atoms with Crippen LogP contribution >= 0.6 is 0 Å². The molecule has 14 heavy (non-hydrogen) atoms. The van der Waals surface area contributed by atoms with E-state index in [0.717, 1.165) is 5.56 Å². The molecule has 0 saturated carbocycles. The number of hydrogen-bond donors (Lipinski definition) is 1. The molecule has 0 aliphatic rings. The summed E-state index contributed by atoms with van der Waals surface area (Å²) in [5.41, 5.74) is 0.976. The van der Waals surface area contributed by atoms with Crippen molar-refractivity contribution in [3.05, 3.63) is 18.0 Å². The first kappa shape index (κ1) is 10.7. The molecule has 5 heteroatoms. The van der Waals surface area contributed by atoms with Crippen molar-refractivity contribution in [2.45, 2.75) is 19.6 Å². The van der Waals surface area contributed by atoms with Gasteiger partial charge in [-0.15, -0.1) is 0 Å². The minimum Gasteiger partial charge on any atom is -0.372 e. The van der Waals surface area contributed by atoms with E-state index >= 15 is 0 Å². The lowest BCUT2D eigenvalue weighted by molar-refractivity contribution is -0.130. The number of carbonyl (C=O) groups excluding carboxylic acids is 1. The van der Waals surface area contributed by atoms with E-state index in [9.17, 15) is 4.79 Å². The van der Waals surface area contributed by atoms with Gasteiger partial charge in [0, 0.05) is 32.5 Å². The van der Waals surface area contributed by atoms with Crippen LogP contribution in [0.5, 0.6) is 0 Å². The van der Waals surface area contributed by atoms with Crippen molar-refractivity contribution < 1.29 is 9.53 Å². The molecule has 0 fully saturated rings. The first-order valence-electron chi connectivity index (χ1n) is 4.41. The van der Waals surface area contributed by atoms with Gasteiger partial charge in [-0.05, 0) is 6.92 Å². The topological polar surface area (TPSA) is 56.1 Å². The Morgan fingerprint density at radius 3 is 3.00 bits per heavy atom. The molecule has 78 valence electrons. The first-order chi connectivity index (χ1) is 6.63. The SMILES string of the molecule is COC(C)C(=O)NCc1cnn(C)c1. The molecule has 1 aromatic rings. The maximum atomic E-state index is 11.3. The number of nitrogens with one attached hydrogen (secondary N) is 1. The minimum absolute atomic E-state index is 0.114. The van der Waals surface area contributed by atoms with Crippen LogP contribution in [0.25, 0.3) is 0 Å². The molecule has 1 atom stereocenters. The summed E-state index contributed by atoms with van der Waals surface area (Å²) >= 11 is 0. The smallest absolute Gasteiger partial charge is 0.249 e. The van der Waals surface area contributed by atoms with Crippen LogP contribution in [0.4, 0.5) is 0 Å². The van der Waals surface area contributed by atoms with Crippen molar-refractivity contribution in [2.24, 2.45) is 7.05 Å². The number of rotatable bonds is 4. The second-order valence-electron chi connectivity index (χ2n) is 3.12. The fourth-order valence-electron chi connectivity index (χ4n) is 1.00. The molecule has 0 aliphatic heterocycles. The summed E-state index contributed by atoms with van der Waals surface area (Å²) < 4.78 is 6.57. The molecule has 5 nitrogen and oxygen atoms in total. The highest BCUT2D eigenvalue weighted by atomic mass is 16.5. The van der Waals surface area contributed by atoms with Gasteiger partial charge in [0.05, 0.1) is 6.20 Å². The Bertz CT molecular complexity index is 309. The number of ether oxygens (including phenoxy) is 1. The third-order valence-corrected chi connectivity index (χ3v) is 1.95. The standard InChI is InChI=1S/C9H15N3O2/c1-7(14-3)9(13)10-4-8-5-11-12(2)6-8/h5-7H,4H2,1-3H3,(H,10,13). The fourth-order valence-corrected chi connectivity index (χ4v) is 1.00. The second kappa shape index (κ2) is 4.76. The Hall–Kier alpha value is -1.36. The van der Waals surface area contributed by atoms with E-state index in [0.29, 0.717) is 6.54 Å². The third-order valence-electron chi connectivity index (χ3n) is 1.95. The Morgan fingerprint density at radius 2 is 2.50 bits per heavy atom. The van der Waals surface area contributed by atoms with Gasteiger partial charge in [-0.3, -0.25) is 9.48 Å². The Labute approximate surface area is 83.1 Å². The summed E-state index contributed by atoms with van der Waals surface area (Å²) in [5, 5.41) is 6.74. The Kier molecular flexibility index (Phi) is 3.64. The van der Waals surface area contributed by atoms with Crippen molar-refractivity contribution in [2.75, 3.05) is 7.11 Å². The molecule has 1 heterocycles. The van der Waals surface area contributed by atoms with E-state index in [1.165, 1.54) is 7.11 Å². The molecule has 0 aromatic carbocycles. The summed E-state index contributed by atoms with van der Waals surface area (Å²) in [6, 6.07) is 0. The van der Waals surface area contributed by atoms with Gasteiger partial charge in [-0.1, -0.05) is 0 Å². The number of aryl methyl sites for hydroxylation is 1. The van der Waals surface area contributed by atoms with E-state index in [2.05, 4.69) is 10.4 Å². The van der Waals surface area contributed by atoms with E-state index in [1.54, 1.807) is 17.8 Å². The van der Waals surface area contributed by atoms with E-state index in [1.807, 2.05) is 13.2 Å². The lowest BCUT2D eigenvalue weighted by atomic mass is 10.3. The lowest BCUT2D eigenvalue weighted by Gasteiger charge is -2.08. The maximum absolute atomic E-state index is 11.3. The molecular formula is C9H15N3O2. The number of nitrogens with zero attached hydrogens (tertiary/aromatic N) is 2. The maximum Gasteiger partial charge on any atom is 0.249 e. The molecule has 0 radical (unpaired) electrons. The molecule has 1 unspecified atom stereocenters. The van der Waals surface area contributed by atoms with Gasteiger partial charge >= 0.3 is 0 Å². The molecule has 1 amide bonds. The molecular weight excluding hydrogens is 182 g/mol. The summed E-state index contributed by atoms with van der Waals surface area (Å²) in [5.74, 6) is -0.114. The van der Waals surface area contributed by atoms with Crippen LogP contribution in [-0.2, 0) is 23.1 Å². The van der Waals surface area contributed by atoms with E-state index < -0.39 is 6.10 Å². The molecule has 1 aromatic heterocycles. The zero-order valence-corrected chi connectivity index (χ0v) is 8.65. The number of methoxy groups -OCH3 is 1. The number of hydrogen-bond acceptors (Lipinski definition) is 3. The quantitative estimate of drug-likeness (QED) is 0.743. The first-order valence-corrected chi connectivity index (χ1v) is 4.41.